The summed E-state index contributed by atoms with van der Waals surface area (Å²) in [5.41, 5.74) is 3.39. The minimum absolute atomic E-state index is 0.158. The average Bonchev–Trinajstić information content (AvgIpc) is 3.24. The van der Waals surface area contributed by atoms with Gasteiger partial charge in [-0.05, 0) is 62.6 Å². The number of nitrogens with one attached hydrogen (secondary N) is 1. The van der Waals surface area contributed by atoms with E-state index in [1.807, 2.05) is 37.3 Å². The monoisotopic (exact) mass is 577 g/mol. The van der Waals surface area contributed by atoms with E-state index in [9.17, 15) is 8.42 Å². The second kappa shape index (κ2) is 16.1. The van der Waals surface area contributed by atoms with Crippen molar-refractivity contribution in [1.82, 2.24) is 9.21 Å². The van der Waals surface area contributed by atoms with Crippen LogP contribution in [0.25, 0.3) is 0 Å². The molecule has 4 rings (SSSR count). The molecule has 0 spiro atoms. The normalized spacial score (nSPS) is 16.6. The standard InChI is InChI=1S/C34H47N3O3S/c1-3-4-5-12-26-40-34(35-32-16-10-7-11-17-32)31(27-30-14-8-6-9-15-30)28-36-22-13-23-37(25-24-36)41(38,39)33-20-18-29(2)19-21-33/h6-11,14-21,31,34-35H,3-5,12-13,22-28H2,1-2H3. The van der Waals surface area contributed by atoms with Gasteiger partial charge in [-0.1, -0.05) is 92.4 Å². The summed E-state index contributed by atoms with van der Waals surface area (Å²) in [5, 5.41) is 3.70. The topological polar surface area (TPSA) is 61.9 Å². The van der Waals surface area contributed by atoms with Crippen molar-refractivity contribution in [1.29, 1.82) is 0 Å². The van der Waals surface area contributed by atoms with Crippen molar-refractivity contribution in [3.63, 3.8) is 0 Å². The van der Waals surface area contributed by atoms with Crippen molar-refractivity contribution < 1.29 is 13.2 Å². The van der Waals surface area contributed by atoms with Crippen LogP contribution in [0.5, 0.6) is 0 Å². The van der Waals surface area contributed by atoms with E-state index in [2.05, 4.69) is 59.6 Å². The van der Waals surface area contributed by atoms with Crippen LogP contribution in [0.4, 0.5) is 5.69 Å². The average molecular weight is 578 g/mol. The quantitative estimate of drug-likeness (QED) is 0.163. The summed E-state index contributed by atoms with van der Waals surface area (Å²) in [6.45, 7) is 8.33. The molecule has 222 valence electrons. The zero-order chi connectivity index (χ0) is 28.9. The molecule has 1 fully saturated rings. The number of rotatable bonds is 15. The van der Waals surface area contributed by atoms with Crippen LogP contribution < -0.4 is 5.32 Å². The van der Waals surface area contributed by atoms with Crippen molar-refractivity contribution in [3.05, 3.63) is 96.1 Å². The van der Waals surface area contributed by atoms with Gasteiger partial charge in [0.2, 0.25) is 10.0 Å². The Morgan fingerprint density at radius 1 is 0.829 bits per heavy atom. The summed E-state index contributed by atoms with van der Waals surface area (Å²) in [7, 11) is -3.51. The van der Waals surface area contributed by atoms with Crippen LogP contribution >= 0.6 is 0 Å². The van der Waals surface area contributed by atoms with Crippen molar-refractivity contribution >= 4 is 15.7 Å². The van der Waals surface area contributed by atoms with Crippen LogP contribution in [0.3, 0.4) is 0 Å². The molecule has 0 radical (unpaired) electrons. The van der Waals surface area contributed by atoms with Gasteiger partial charge >= 0.3 is 0 Å². The number of hydrogen-bond acceptors (Lipinski definition) is 5. The Hall–Kier alpha value is -2.71. The molecular weight excluding hydrogens is 530 g/mol. The van der Waals surface area contributed by atoms with Gasteiger partial charge in [0, 0.05) is 44.4 Å². The molecule has 1 saturated heterocycles. The summed E-state index contributed by atoms with van der Waals surface area (Å²) in [6.07, 6.45) is 6.18. The lowest BCUT2D eigenvalue weighted by atomic mass is 9.96. The minimum atomic E-state index is -3.51. The van der Waals surface area contributed by atoms with E-state index in [4.69, 9.17) is 4.74 Å². The smallest absolute Gasteiger partial charge is 0.243 e. The highest BCUT2D eigenvalue weighted by atomic mass is 32.2. The van der Waals surface area contributed by atoms with Gasteiger partial charge in [0.1, 0.15) is 6.23 Å². The Morgan fingerprint density at radius 2 is 1.54 bits per heavy atom. The first-order chi connectivity index (χ1) is 20.0. The number of aryl methyl sites for hydroxylation is 1. The van der Waals surface area contributed by atoms with Gasteiger partial charge in [-0.3, -0.25) is 0 Å². The largest absolute Gasteiger partial charge is 0.360 e. The molecule has 6 nitrogen and oxygen atoms in total. The predicted molar refractivity (Wildman–Crippen MR) is 169 cm³/mol. The van der Waals surface area contributed by atoms with E-state index in [0.29, 0.717) is 24.5 Å². The molecule has 0 amide bonds. The SMILES string of the molecule is CCCCCCOC(Nc1ccccc1)C(Cc1ccccc1)CN1CCCN(S(=O)(=O)c2ccc(C)cc2)CC1. The van der Waals surface area contributed by atoms with Gasteiger partial charge in [-0.15, -0.1) is 0 Å². The fourth-order valence-corrected chi connectivity index (χ4v) is 6.95. The molecule has 2 atom stereocenters. The number of para-hydroxylation sites is 1. The summed E-state index contributed by atoms with van der Waals surface area (Å²) < 4.78 is 35.1. The van der Waals surface area contributed by atoms with E-state index in [0.717, 1.165) is 50.2 Å². The highest BCUT2D eigenvalue weighted by molar-refractivity contribution is 7.89. The van der Waals surface area contributed by atoms with Crippen LogP contribution in [0.1, 0.15) is 50.2 Å². The van der Waals surface area contributed by atoms with E-state index in [1.165, 1.54) is 24.8 Å². The lowest BCUT2D eigenvalue weighted by Crippen LogP contribution is -2.43. The molecule has 3 aromatic rings. The van der Waals surface area contributed by atoms with Gasteiger partial charge in [-0.25, -0.2) is 8.42 Å². The Bertz CT molecular complexity index is 1250. The fourth-order valence-electron chi connectivity index (χ4n) is 5.48. The molecule has 2 unspecified atom stereocenters. The highest BCUT2D eigenvalue weighted by Crippen LogP contribution is 2.23. The molecule has 0 aromatic heterocycles. The summed E-state index contributed by atoms with van der Waals surface area (Å²) in [4.78, 5) is 2.81. The van der Waals surface area contributed by atoms with Crippen LogP contribution in [0.2, 0.25) is 0 Å². The molecule has 0 aliphatic carbocycles. The van der Waals surface area contributed by atoms with Crippen molar-refractivity contribution in [2.24, 2.45) is 5.92 Å². The minimum Gasteiger partial charge on any atom is -0.360 e. The molecule has 0 saturated carbocycles. The van der Waals surface area contributed by atoms with Gasteiger partial charge in [0.15, 0.2) is 0 Å². The maximum Gasteiger partial charge on any atom is 0.243 e. The van der Waals surface area contributed by atoms with Gasteiger partial charge < -0.3 is 15.0 Å². The maximum absolute atomic E-state index is 13.4. The molecule has 1 aliphatic heterocycles. The third kappa shape index (κ3) is 9.67. The van der Waals surface area contributed by atoms with E-state index >= 15 is 0 Å². The van der Waals surface area contributed by atoms with Crippen LogP contribution in [-0.2, 0) is 21.2 Å². The maximum atomic E-state index is 13.4. The number of unbranched alkanes of at least 4 members (excludes halogenated alkanes) is 3. The van der Waals surface area contributed by atoms with E-state index in [1.54, 1.807) is 16.4 Å². The number of sulfonamides is 1. The third-order valence-corrected chi connectivity index (χ3v) is 9.76. The number of benzene rings is 3. The summed E-state index contributed by atoms with van der Waals surface area (Å²) in [5.74, 6) is 0.184. The first-order valence-corrected chi connectivity index (χ1v) is 16.7. The van der Waals surface area contributed by atoms with Crippen molar-refractivity contribution in [3.8, 4) is 0 Å². The van der Waals surface area contributed by atoms with Crippen LogP contribution in [0.15, 0.2) is 89.8 Å². The Kier molecular flexibility index (Phi) is 12.2. The van der Waals surface area contributed by atoms with E-state index < -0.39 is 10.0 Å². The molecule has 1 N–H and O–H groups in total. The zero-order valence-corrected chi connectivity index (χ0v) is 25.6. The molecule has 7 heteroatoms. The Morgan fingerprint density at radius 3 is 2.24 bits per heavy atom. The van der Waals surface area contributed by atoms with Crippen LogP contribution in [0, 0.1) is 12.8 Å². The van der Waals surface area contributed by atoms with Gasteiger partial charge in [0.25, 0.3) is 0 Å². The lowest BCUT2D eigenvalue weighted by Gasteiger charge is -2.33. The molecule has 0 bridgehead atoms. The number of nitrogens with zero attached hydrogens (tertiary/aromatic N) is 2. The zero-order valence-electron chi connectivity index (χ0n) is 24.8. The second-order valence-electron chi connectivity index (χ2n) is 11.2. The molecule has 1 aliphatic rings. The van der Waals surface area contributed by atoms with Crippen molar-refractivity contribution in [2.75, 3.05) is 44.6 Å². The summed E-state index contributed by atoms with van der Waals surface area (Å²) in [6, 6.07) is 28.1. The molecule has 41 heavy (non-hydrogen) atoms. The molecular formula is C34H47N3O3S. The highest BCUT2D eigenvalue weighted by Gasteiger charge is 2.30. The first kappa shape index (κ1) is 31.2. The predicted octanol–water partition coefficient (Wildman–Crippen LogP) is 6.59. The Labute approximate surface area is 247 Å². The number of ether oxygens (including phenoxy) is 1. The molecule has 1 heterocycles. The molecule has 3 aromatic carbocycles. The summed E-state index contributed by atoms with van der Waals surface area (Å²) >= 11 is 0. The van der Waals surface area contributed by atoms with Gasteiger partial charge in [0.05, 0.1) is 4.90 Å². The Balaban J connectivity index is 1.49. The van der Waals surface area contributed by atoms with Crippen molar-refractivity contribution in [2.45, 2.75) is 63.5 Å². The first-order valence-electron chi connectivity index (χ1n) is 15.2. The van der Waals surface area contributed by atoms with E-state index in [-0.39, 0.29) is 12.1 Å². The fraction of sp³-hybridized carbons (Fsp3) is 0.471. The number of anilines is 1. The number of hydrogen-bond donors (Lipinski definition) is 1. The second-order valence-corrected chi connectivity index (χ2v) is 13.1. The van der Waals surface area contributed by atoms with Gasteiger partial charge in [-0.2, -0.15) is 4.31 Å². The van der Waals surface area contributed by atoms with Crippen LogP contribution in [-0.4, -0.2) is 63.2 Å². The lowest BCUT2D eigenvalue weighted by molar-refractivity contribution is 0.0169. The third-order valence-electron chi connectivity index (χ3n) is 7.85.